The predicted octanol–water partition coefficient (Wildman–Crippen LogP) is 1.44. The zero-order valence-electron chi connectivity index (χ0n) is 10.4. The number of esters is 1. The van der Waals surface area contributed by atoms with Crippen molar-refractivity contribution in [1.82, 2.24) is 4.90 Å². The van der Waals surface area contributed by atoms with Gasteiger partial charge in [-0.05, 0) is 19.8 Å². The van der Waals surface area contributed by atoms with Gasteiger partial charge in [-0.25, -0.2) is 0 Å². The first-order valence-electron chi connectivity index (χ1n) is 6.28. The van der Waals surface area contributed by atoms with Crippen molar-refractivity contribution in [3.8, 4) is 0 Å². The van der Waals surface area contributed by atoms with Crippen molar-refractivity contribution in [2.75, 3.05) is 32.9 Å². The molecule has 0 saturated carbocycles. The van der Waals surface area contributed by atoms with Crippen LogP contribution in [0.1, 0.15) is 33.1 Å². The summed E-state index contributed by atoms with van der Waals surface area (Å²) in [6.45, 7) is 7.71. The molecule has 0 bridgehead atoms. The molecule has 0 aliphatic carbocycles. The third-order valence-corrected chi connectivity index (χ3v) is 2.82. The zero-order valence-corrected chi connectivity index (χ0v) is 10.4. The normalized spacial score (nSPS) is 20.1. The minimum Gasteiger partial charge on any atom is -0.465 e. The Kier molecular flexibility index (Phi) is 6.42. The van der Waals surface area contributed by atoms with E-state index in [4.69, 9.17) is 9.47 Å². The van der Waals surface area contributed by atoms with E-state index in [1.165, 1.54) is 0 Å². The van der Waals surface area contributed by atoms with Crippen molar-refractivity contribution in [3.63, 3.8) is 0 Å². The highest BCUT2D eigenvalue weighted by atomic mass is 16.5. The van der Waals surface area contributed by atoms with Crippen molar-refractivity contribution in [1.29, 1.82) is 0 Å². The van der Waals surface area contributed by atoms with E-state index in [2.05, 4.69) is 11.8 Å². The van der Waals surface area contributed by atoms with Crippen LogP contribution in [0.15, 0.2) is 0 Å². The summed E-state index contributed by atoms with van der Waals surface area (Å²) in [4.78, 5) is 14.0. The SMILES string of the molecule is CCCC(C(=O)OCC)N1CCCOCC1. The molecule has 4 nitrogen and oxygen atoms in total. The lowest BCUT2D eigenvalue weighted by Crippen LogP contribution is -2.43. The predicted molar refractivity (Wildman–Crippen MR) is 62.3 cm³/mol. The van der Waals surface area contributed by atoms with Crippen LogP contribution >= 0.6 is 0 Å². The van der Waals surface area contributed by atoms with Crippen LogP contribution in [0.2, 0.25) is 0 Å². The van der Waals surface area contributed by atoms with Crippen LogP contribution in [0.3, 0.4) is 0 Å². The Labute approximate surface area is 97.9 Å². The Hall–Kier alpha value is -0.610. The first-order valence-corrected chi connectivity index (χ1v) is 6.28. The van der Waals surface area contributed by atoms with Crippen LogP contribution < -0.4 is 0 Å². The second-order valence-electron chi connectivity index (χ2n) is 4.06. The van der Waals surface area contributed by atoms with Crippen molar-refractivity contribution in [2.45, 2.75) is 39.2 Å². The molecule has 0 amide bonds. The quantitative estimate of drug-likeness (QED) is 0.669. The summed E-state index contributed by atoms with van der Waals surface area (Å²) in [5.74, 6) is -0.0775. The smallest absolute Gasteiger partial charge is 0.323 e. The third kappa shape index (κ3) is 4.10. The summed E-state index contributed by atoms with van der Waals surface area (Å²) in [5.41, 5.74) is 0. The number of carbonyl (C=O) groups excluding carboxylic acids is 1. The van der Waals surface area contributed by atoms with Crippen LogP contribution in [0, 0.1) is 0 Å². The molecular formula is C12H23NO3. The fourth-order valence-corrected chi connectivity index (χ4v) is 2.04. The Balaban J connectivity index is 2.55. The summed E-state index contributed by atoms with van der Waals surface area (Å²) >= 11 is 0. The maximum atomic E-state index is 11.8. The van der Waals surface area contributed by atoms with Gasteiger partial charge in [-0.15, -0.1) is 0 Å². The van der Waals surface area contributed by atoms with Crippen molar-refractivity contribution in [2.24, 2.45) is 0 Å². The fourth-order valence-electron chi connectivity index (χ4n) is 2.04. The number of rotatable bonds is 5. The van der Waals surface area contributed by atoms with Gasteiger partial charge in [-0.2, -0.15) is 0 Å². The summed E-state index contributed by atoms with van der Waals surface area (Å²) in [6, 6.07) is -0.0772. The van der Waals surface area contributed by atoms with E-state index in [-0.39, 0.29) is 12.0 Å². The van der Waals surface area contributed by atoms with Crippen molar-refractivity contribution < 1.29 is 14.3 Å². The van der Waals surface area contributed by atoms with Crippen LogP contribution in [0.5, 0.6) is 0 Å². The minimum atomic E-state index is -0.0775. The molecule has 1 saturated heterocycles. The second kappa shape index (κ2) is 7.63. The molecule has 1 heterocycles. The lowest BCUT2D eigenvalue weighted by molar-refractivity contribution is -0.149. The average Bonchev–Trinajstić information content (AvgIpc) is 2.54. The van der Waals surface area contributed by atoms with Gasteiger partial charge in [0.15, 0.2) is 0 Å². The monoisotopic (exact) mass is 229 g/mol. The number of ether oxygens (including phenoxy) is 2. The summed E-state index contributed by atoms with van der Waals surface area (Å²) < 4.78 is 10.5. The van der Waals surface area contributed by atoms with Crippen LogP contribution in [0.4, 0.5) is 0 Å². The van der Waals surface area contributed by atoms with Crippen molar-refractivity contribution in [3.05, 3.63) is 0 Å². The fraction of sp³-hybridized carbons (Fsp3) is 0.917. The van der Waals surface area contributed by atoms with E-state index < -0.39 is 0 Å². The molecule has 1 unspecified atom stereocenters. The number of hydrogen-bond acceptors (Lipinski definition) is 4. The molecule has 0 N–H and O–H groups in total. The molecule has 0 aromatic carbocycles. The minimum absolute atomic E-state index is 0.0772. The number of carbonyl (C=O) groups is 1. The van der Waals surface area contributed by atoms with Crippen LogP contribution in [0.25, 0.3) is 0 Å². The average molecular weight is 229 g/mol. The second-order valence-corrected chi connectivity index (χ2v) is 4.06. The first kappa shape index (κ1) is 13.5. The van der Waals surface area contributed by atoms with Gasteiger partial charge in [0, 0.05) is 19.7 Å². The highest BCUT2D eigenvalue weighted by Gasteiger charge is 2.26. The van der Waals surface area contributed by atoms with Crippen LogP contribution in [-0.4, -0.2) is 49.8 Å². The molecule has 1 rings (SSSR count). The van der Waals surface area contributed by atoms with E-state index in [1.54, 1.807) is 0 Å². The summed E-state index contributed by atoms with van der Waals surface area (Å²) in [7, 11) is 0. The third-order valence-electron chi connectivity index (χ3n) is 2.82. The van der Waals surface area contributed by atoms with Gasteiger partial charge < -0.3 is 9.47 Å². The molecule has 1 atom stereocenters. The van der Waals surface area contributed by atoms with E-state index in [0.29, 0.717) is 6.61 Å². The Morgan fingerprint density at radius 2 is 2.19 bits per heavy atom. The Morgan fingerprint density at radius 3 is 2.88 bits per heavy atom. The lowest BCUT2D eigenvalue weighted by Gasteiger charge is -2.27. The van der Waals surface area contributed by atoms with Crippen molar-refractivity contribution >= 4 is 5.97 Å². The topological polar surface area (TPSA) is 38.8 Å². The molecule has 1 aliphatic rings. The Morgan fingerprint density at radius 1 is 1.38 bits per heavy atom. The molecule has 1 aliphatic heterocycles. The Bertz CT molecular complexity index is 200. The highest BCUT2D eigenvalue weighted by Crippen LogP contribution is 2.12. The zero-order chi connectivity index (χ0) is 11.8. The number of hydrogen-bond donors (Lipinski definition) is 0. The van der Waals surface area contributed by atoms with Gasteiger partial charge in [0.05, 0.1) is 13.2 Å². The maximum absolute atomic E-state index is 11.8. The van der Waals surface area contributed by atoms with Gasteiger partial charge in [0.25, 0.3) is 0 Å². The molecule has 1 fully saturated rings. The van der Waals surface area contributed by atoms with Gasteiger partial charge in [0.2, 0.25) is 0 Å². The van der Waals surface area contributed by atoms with Gasteiger partial charge in [-0.1, -0.05) is 13.3 Å². The molecular weight excluding hydrogens is 206 g/mol. The standard InChI is InChI=1S/C12H23NO3/c1-3-6-11(12(14)16-4-2)13-7-5-9-15-10-8-13/h11H,3-10H2,1-2H3. The molecule has 94 valence electrons. The van der Waals surface area contributed by atoms with Crippen LogP contribution in [-0.2, 0) is 14.3 Å². The van der Waals surface area contributed by atoms with Gasteiger partial charge >= 0.3 is 5.97 Å². The molecule has 4 heteroatoms. The summed E-state index contributed by atoms with van der Waals surface area (Å²) in [6.07, 6.45) is 2.87. The van der Waals surface area contributed by atoms with Gasteiger partial charge in [0.1, 0.15) is 6.04 Å². The highest BCUT2D eigenvalue weighted by molar-refractivity contribution is 5.75. The number of nitrogens with zero attached hydrogens (tertiary/aromatic N) is 1. The molecule has 0 spiro atoms. The van der Waals surface area contributed by atoms with Gasteiger partial charge in [-0.3, -0.25) is 9.69 Å². The maximum Gasteiger partial charge on any atom is 0.323 e. The summed E-state index contributed by atoms with van der Waals surface area (Å²) in [5, 5.41) is 0. The van der Waals surface area contributed by atoms with E-state index in [1.807, 2.05) is 6.92 Å². The van der Waals surface area contributed by atoms with E-state index >= 15 is 0 Å². The molecule has 0 aromatic heterocycles. The largest absolute Gasteiger partial charge is 0.465 e. The molecule has 16 heavy (non-hydrogen) atoms. The first-order chi connectivity index (χ1) is 7.79. The van der Waals surface area contributed by atoms with E-state index in [0.717, 1.165) is 45.6 Å². The molecule has 0 radical (unpaired) electrons. The van der Waals surface area contributed by atoms with E-state index in [9.17, 15) is 4.79 Å². The lowest BCUT2D eigenvalue weighted by atomic mass is 10.1. The molecule has 0 aromatic rings.